The van der Waals surface area contributed by atoms with Crippen molar-refractivity contribution in [1.82, 2.24) is 19.9 Å². The zero-order valence-electron chi connectivity index (χ0n) is 12.0. The smallest absolute Gasteiger partial charge is 0.251 e. The van der Waals surface area contributed by atoms with Crippen LogP contribution in [0.2, 0.25) is 0 Å². The van der Waals surface area contributed by atoms with E-state index < -0.39 is 0 Å². The number of nitrogens with zero attached hydrogens (tertiary/aromatic N) is 3. The maximum absolute atomic E-state index is 12.0. The molecule has 106 valence electrons. The van der Waals surface area contributed by atoms with Crippen molar-refractivity contribution in [1.29, 1.82) is 0 Å². The first kappa shape index (κ1) is 13.3. The lowest BCUT2D eigenvalue weighted by atomic mass is 10.2. The maximum atomic E-state index is 12.0. The van der Waals surface area contributed by atoms with Gasteiger partial charge in [0.15, 0.2) is 5.65 Å². The minimum absolute atomic E-state index is 0.0746. The summed E-state index contributed by atoms with van der Waals surface area (Å²) in [4.78, 5) is 20.9. The fraction of sp³-hybridized carbons (Fsp3) is 0.188. The molecule has 1 aromatic carbocycles. The number of carbonyl (C=O) groups excluding carboxylic acids is 1. The molecule has 21 heavy (non-hydrogen) atoms. The molecule has 5 nitrogen and oxygen atoms in total. The summed E-state index contributed by atoms with van der Waals surface area (Å²) in [6, 6.07) is 11.3. The van der Waals surface area contributed by atoms with Gasteiger partial charge in [-0.25, -0.2) is 9.97 Å². The van der Waals surface area contributed by atoms with Crippen LogP contribution in [0.25, 0.3) is 16.9 Å². The lowest BCUT2D eigenvalue weighted by Gasteiger charge is -2.08. The van der Waals surface area contributed by atoms with Crippen molar-refractivity contribution in [3.63, 3.8) is 0 Å². The van der Waals surface area contributed by atoms with E-state index in [1.165, 1.54) is 0 Å². The zero-order chi connectivity index (χ0) is 14.8. The zero-order valence-corrected chi connectivity index (χ0v) is 12.0. The quantitative estimate of drug-likeness (QED) is 0.801. The lowest BCUT2D eigenvalue weighted by Crippen LogP contribution is -2.22. The van der Waals surface area contributed by atoms with E-state index in [1.54, 1.807) is 12.3 Å². The summed E-state index contributed by atoms with van der Waals surface area (Å²) < 4.78 is 1.96. The molecule has 0 fully saturated rings. The van der Waals surface area contributed by atoms with Gasteiger partial charge < -0.3 is 5.32 Å². The third-order valence-corrected chi connectivity index (χ3v) is 3.29. The number of hydrogen-bond donors (Lipinski definition) is 1. The van der Waals surface area contributed by atoms with E-state index in [4.69, 9.17) is 0 Å². The summed E-state index contributed by atoms with van der Waals surface area (Å²) in [5, 5.41) is 2.81. The van der Waals surface area contributed by atoms with Crippen LogP contribution in [0.5, 0.6) is 0 Å². The second-order valence-corrected chi connectivity index (χ2v) is 4.75. The van der Waals surface area contributed by atoms with Gasteiger partial charge in [-0.2, -0.15) is 0 Å². The fourth-order valence-electron chi connectivity index (χ4n) is 2.38. The average molecular weight is 280 g/mol. The van der Waals surface area contributed by atoms with Gasteiger partial charge in [-0.15, -0.1) is 0 Å². The Hall–Kier alpha value is -2.69. The number of amides is 1. The Morgan fingerprint density at radius 2 is 2.14 bits per heavy atom. The molecule has 0 aliphatic heterocycles. The highest BCUT2D eigenvalue weighted by Crippen LogP contribution is 2.20. The molecule has 1 N–H and O–H groups in total. The van der Waals surface area contributed by atoms with E-state index in [2.05, 4.69) is 15.3 Å². The maximum Gasteiger partial charge on any atom is 0.251 e. The van der Waals surface area contributed by atoms with Gasteiger partial charge in [0.25, 0.3) is 5.91 Å². The highest BCUT2D eigenvalue weighted by atomic mass is 16.1. The summed E-state index contributed by atoms with van der Waals surface area (Å²) in [7, 11) is 0. The average Bonchev–Trinajstić information content (AvgIpc) is 2.83. The van der Waals surface area contributed by atoms with Crippen LogP contribution in [0.3, 0.4) is 0 Å². The van der Waals surface area contributed by atoms with Crippen molar-refractivity contribution in [3.8, 4) is 5.69 Å². The number of rotatable bonds is 3. The second-order valence-electron chi connectivity index (χ2n) is 4.75. The standard InChI is InChI=1S/C16H16N4O/c1-3-17-16(21)12-6-4-7-13(10-12)20-11(2)19-14-8-5-9-18-15(14)20/h4-10H,3H2,1-2H3,(H,17,21). The van der Waals surface area contributed by atoms with E-state index in [0.29, 0.717) is 12.1 Å². The molecule has 0 radical (unpaired) electrons. The minimum Gasteiger partial charge on any atom is -0.352 e. The number of aryl methyl sites for hydroxylation is 1. The van der Waals surface area contributed by atoms with E-state index in [-0.39, 0.29) is 5.91 Å². The van der Waals surface area contributed by atoms with Gasteiger partial charge in [-0.1, -0.05) is 6.07 Å². The summed E-state index contributed by atoms with van der Waals surface area (Å²) in [6.45, 7) is 4.44. The van der Waals surface area contributed by atoms with Crippen LogP contribution < -0.4 is 5.32 Å². The molecule has 0 spiro atoms. The molecule has 2 aromatic heterocycles. The van der Waals surface area contributed by atoms with Crippen LogP contribution in [0.4, 0.5) is 0 Å². The monoisotopic (exact) mass is 280 g/mol. The van der Waals surface area contributed by atoms with Gasteiger partial charge in [-0.3, -0.25) is 9.36 Å². The third kappa shape index (κ3) is 2.38. The first-order valence-electron chi connectivity index (χ1n) is 6.89. The largest absolute Gasteiger partial charge is 0.352 e. The van der Waals surface area contributed by atoms with Crippen LogP contribution in [0.15, 0.2) is 42.6 Å². The molecular weight excluding hydrogens is 264 g/mol. The first-order chi connectivity index (χ1) is 10.2. The Bertz CT molecular complexity index is 807. The summed E-state index contributed by atoms with van der Waals surface area (Å²) in [5.74, 6) is 0.770. The third-order valence-electron chi connectivity index (χ3n) is 3.29. The van der Waals surface area contributed by atoms with Crippen LogP contribution in [0, 0.1) is 6.92 Å². The molecular formula is C16H16N4O. The molecule has 0 saturated heterocycles. The Morgan fingerprint density at radius 3 is 2.95 bits per heavy atom. The van der Waals surface area contributed by atoms with E-state index in [1.807, 2.05) is 48.7 Å². The topological polar surface area (TPSA) is 59.8 Å². The second kappa shape index (κ2) is 5.36. The molecule has 0 aliphatic carbocycles. The van der Waals surface area contributed by atoms with Gasteiger partial charge in [0.05, 0.1) is 0 Å². The SMILES string of the molecule is CCNC(=O)c1cccc(-n2c(C)nc3cccnc32)c1. The van der Waals surface area contributed by atoms with Crippen LogP contribution in [0.1, 0.15) is 23.1 Å². The van der Waals surface area contributed by atoms with Crippen LogP contribution in [-0.2, 0) is 0 Å². The van der Waals surface area contributed by atoms with Gasteiger partial charge in [0, 0.05) is 24.0 Å². The van der Waals surface area contributed by atoms with Crippen LogP contribution >= 0.6 is 0 Å². The molecule has 3 rings (SSSR count). The van der Waals surface area contributed by atoms with Crippen molar-refractivity contribution in [3.05, 3.63) is 54.0 Å². The van der Waals surface area contributed by atoms with Gasteiger partial charge in [0.1, 0.15) is 11.3 Å². The highest BCUT2D eigenvalue weighted by Gasteiger charge is 2.11. The van der Waals surface area contributed by atoms with Crippen molar-refractivity contribution in [2.45, 2.75) is 13.8 Å². The summed E-state index contributed by atoms with van der Waals surface area (Å²) in [6.07, 6.45) is 1.74. The Morgan fingerprint density at radius 1 is 1.29 bits per heavy atom. The summed E-state index contributed by atoms with van der Waals surface area (Å²) >= 11 is 0. The molecule has 0 atom stereocenters. The molecule has 2 heterocycles. The number of imidazole rings is 1. The predicted molar refractivity (Wildman–Crippen MR) is 81.6 cm³/mol. The minimum atomic E-state index is -0.0746. The molecule has 3 aromatic rings. The van der Waals surface area contributed by atoms with E-state index >= 15 is 0 Å². The Kier molecular flexibility index (Phi) is 3.39. The summed E-state index contributed by atoms with van der Waals surface area (Å²) in [5.41, 5.74) is 3.16. The van der Waals surface area contributed by atoms with E-state index in [9.17, 15) is 4.79 Å². The lowest BCUT2D eigenvalue weighted by molar-refractivity contribution is 0.0956. The van der Waals surface area contributed by atoms with Crippen molar-refractivity contribution in [2.75, 3.05) is 6.54 Å². The molecule has 1 amide bonds. The van der Waals surface area contributed by atoms with Gasteiger partial charge in [-0.05, 0) is 44.2 Å². The molecule has 0 bridgehead atoms. The molecule has 0 unspecified atom stereocenters. The number of benzene rings is 1. The van der Waals surface area contributed by atoms with Gasteiger partial charge in [0.2, 0.25) is 0 Å². The number of nitrogens with one attached hydrogen (secondary N) is 1. The van der Waals surface area contributed by atoms with Crippen molar-refractivity contribution < 1.29 is 4.79 Å². The number of fused-ring (bicyclic) bond motifs is 1. The Labute approximate surface area is 122 Å². The number of carbonyl (C=O) groups is 1. The fourth-order valence-corrected chi connectivity index (χ4v) is 2.38. The van der Waals surface area contributed by atoms with E-state index in [0.717, 1.165) is 22.7 Å². The molecule has 0 aliphatic rings. The molecule has 0 saturated carbocycles. The van der Waals surface area contributed by atoms with Crippen LogP contribution in [-0.4, -0.2) is 27.0 Å². The van der Waals surface area contributed by atoms with Crippen molar-refractivity contribution in [2.24, 2.45) is 0 Å². The first-order valence-corrected chi connectivity index (χ1v) is 6.89. The molecule has 5 heteroatoms. The predicted octanol–water partition coefficient (Wildman–Crippen LogP) is 2.48. The normalized spacial score (nSPS) is 10.8. The number of aromatic nitrogens is 3. The number of pyridine rings is 1. The highest BCUT2D eigenvalue weighted by molar-refractivity contribution is 5.94. The Balaban J connectivity index is 2.13. The number of hydrogen-bond acceptors (Lipinski definition) is 3. The van der Waals surface area contributed by atoms with Crippen molar-refractivity contribution >= 4 is 17.1 Å². The van der Waals surface area contributed by atoms with Gasteiger partial charge >= 0.3 is 0 Å².